The molecule has 1 aromatic heterocycles. The summed E-state index contributed by atoms with van der Waals surface area (Å²) in [5.74, 6) is -0.163. The van der Waals surface area contributed by atoms with Crippen molar-refractivity contribution in [2.24, 2.45) is 9.98 Å². The normalized spacial score (nSPS) is 12.9. The van der Waals surface area contributed by atoms with E-state index in [2.05, 4.69) is 49.7 Å². The molecular formula is C36H45N3O4S. The number of amidine groups is 1. The van der Waals surface area contributed by atoms with Crippen molar-refractivity contribution in [3.63, 3.8) is 0 Å². The highest BCUT2D eigenvalue weighted by Gasteiger charge is 2.24. The molecule has 0 unspecified atom stereocenters. The number of hydrogen-bond donors (Lipinski definition) is 2. The van der Waals surface area contributed by atoms with E-state index in [9.17, 15) is 14.7 Å². The minimum atomic E-state index is -1.09. The maximum absolute atomic E-state index is 12.8. The minimum Gasteiger partial charge on any atom is -0.494 e. The van der Waals surface area contributed by atoms with Gasteiger partial charge in [-0.2, -0.15) is 0 Å². The van der Waals surface area contributed by atoms with Crippen LogP contribution in [0, 0.1) is 0 Å². The smallest absolute Gasteiger partial charge is 0.326 e. The number of unbranched alkanes of at least 4 members (excludes halogenated alkanes) is 4. The largest absolute Gasteiger partial charge is 0.494 e. The number of amides is 1. The summed E-state index contributed by atoms with van der Waals surface area (Å²) >= 11 is 1.38. The van der Waals surface area contributed by atoms with Crippen LogP contribution in [-0.2, 0) is 16.6 Å². The van der Waals surface area contributed by atoms with Crippen LogP contribution in [0.1, 0.15) is 98.0 Å². The fourth-order valence-corrected chi connectivity index (χ4v) is 5.43. The second-order valence-corrected chi connectivity index (χ2v) is 13.0. The van der Waals surface area contributed by atoms with Crippen LogP contribution in [0.3, 0.4) is 0 Å². The average Bonchev–Trinajstić information content (AvgIpc) is 3.51. The first-order valence-corrected chi connectivity index (χ1v) is 16.0. The zero-order valence-corrected chi connectivity index (χ0v) is 27.4. The van der Waals surface area contributed by atoms with Crippen LogP contribution in [0.2, 0.25) is 0 Å². The monoisotopic (exact) mass is 615 g/mol. The quantitative estimate of drug-likeness (QED) is 0.102. The van der Waals surface area contributed by atoms with Crippen LogP contribution in [0.25, 0.3) is 5.57 Å². The van der Waals surface area contributed by atoms with Crippen molar-refractivity contribution in [1.29, 1.82) is 0 Å². The van der Waals surface area contributed by atoms with Crippen LogP contribution in [-0.4, -0.2) is 42.2 Å². The summed E-state index contributed by atoms with van der Waals surface area (Å²) in [5.41, 5.74) is 3.43. The Bertz CT molecular complexity index is 1450. The molecule has 0 aliphatic rings. The molecule has 0 saturated carbocycles. The number of ether oxygens (including phenoxy) is 1. The van der Waals surface area contributed by atoms with Crippen molar-refractivity contribution in [2.75, 3.05) is 6.61 Å². The molecule has 3 rings (SSSR count). The number of aliphatic carboxylic acids is 1. The number of rotatable bonds is 15. The summed E-state index contributed by atoms with van der Waals surface area (Å²) in [7, 11) is 0. The van der Waals surface area contributed by atoms with Gasteiger partial charge in [-0.05, 0) is 66.4 Å². The number of thiophene rings is 1. The Morgan fingerprint density at radius 2 is 1.64 bits per heavy atom. The van der Waals surface area contributed by atoms with Crippen molar-refractivity contribution in [2.45, 2.75) is 84.6 Å². The van der Waals surface area contributed by atoms with Crippen molar-refractivity contribution < 1.29 is 19.4 Å². The van der Waals surface area contributed by atoms with Crippen LogP contribution in [0.5, 0.6) is 5.75 Å². The second-order valence-electron chi connectivity index (χ2n) is 11.9. The topological polar surface area (TPSA) is 100 Å². The third-order valence-electron chi connectivity index (χ3n) is 7.18. The number of hydrogen-bond acceptors (Lipinski definition) is 5. The molecule has 44 heavy (non-hydrogen) atoms. The Labute approximate surface area is 265 Å². The number of nitrogens with one attached hydrogen (secondary N) is 1. The van der Waals surface area contributed by atoms with E-state index in [1.807, 2.05) is 61.5 Å². The molecule has 1 heterocycles. The molecule has 0 bridgehead atoms. The van der Waals surface area contributed by atoms with Crippen molar-refractivity contribution in [1.82, 2.24) is 5.32 Å². The summed E-state index contributed by atoms with van der Waals surface area (Å²) < 4.78 is 5.87. The molecule has 0 spiro atoms. The van der Waals surface area contributed by atoms with Gasteiger partial charge in [0, 0.05) is 23.1 Å². The lowest BCUT2D eigenvalue weighted by Gasteiger charge is -2.16. The first kappa shape index (κ1) is 34.5. The number of carboxylic acid groups (broad SMARTS) is 1. The lowest BCUT2D eigenvalue weighted by atomic mass is 9.95. The van der Waals surface area contributed by atoms with Gasteiger partial charge in [0.15, 0.2) is 5.84 Å². The third kappa shape index (κ3) is 10.6. The van der Waals surface area contributed by atoms with Gasteiger partial charge < -0.3 is 15.2 Å². The highest BCUT2D eigenvalue weighted by atomic mass is 32.1. The fourth-order valence-electron chi connectivity index (χ4n) is 4.47. The van der Waals surface area contributed by atoms with Gasteiger partial charge in [0.25, 0.3) is 5.91 Å². The van der Waals surface area contributed by atoms with E-state index in [0.717, 1.165) is 45.9 Å². The van der Waals surface area contributed by atoms with Gasteiger partial charge in [-0.1, -0.05) is 89.8 Å². The molecule has 2 aromatic carbocycles. The van der Waals surface area contributed by atoms with Gasteiger partial charge in [-0.15, -0.1) is 11.3 Å². The van der Waals surface area contributed by atoms with Gasteiger partial charge in [0.2, 0.25) is 0 Å². The predicted molar refractivity (Wildman–Crippen MR) is 182 cm³/mol. The first-order chi connectivity index (χ1) is 21.0. The average molecular weight is 616 g/mol. The molecule has 0 aliphatic carbocycles. The molecule has 2 N–H and O–H groups in total. The van der Waals surface area contributed by atoms with Crippen molar-refractivity contribution in [3.8, 4) is 5.75 Å². The van der Waals surface area contributed by atoms with Crippen LogP contribution in [0.4, 0.5) is 0 Å². The van der Waals surface area contributed by atoms with Gasteiger partial charge in [0.05, 0.1) is 11.5 Å². The molecular weight excluding hydrogens is 570 g/mol. The number of carbonyl (C=O) groups is 2. The van der Waals surface area contributed by atoms with E-state index in [1.54, 1.807) is 12.3 Å². The SMILES string of the molecule is C=NC(=N/C=C(\C)c1ccc(OCCCCCCC)cc1)c1ccc(C[C@H](NC(=O)c2ccc(C(C)(C)C)s2)C(=O)O)cc1. The van der Waals surface area contributed by atoms with Crippen LogP contribution >= 0.6 is 11.3 Å². The predicted octanol–water partition coefficient (Wildman–Crippen LogP) is 8.33. The van der Waals surface area contributed by atoms with E-state index in [1.165, 1.54) is 37.0 Å². The molecule has 0 radical (unpaired) electrons. The first-order valence-electron chi connectivity index (χ1n) is 15.2. The van der Waals surface area contributed by atoms with E-state index in [0.29, 0.717) is 10.7 Å². The number of carboxylic acids is 1. The Morgan fingerprint density at radius 3 is 2.23 bits per heavy atom. The molecule has 1 amide bonds. The molecule has 8 heteroatoms. The number of benzene rings is 2. The van der Waals surface area contributed by atoms with E-state index < -0.39 is 12.0 Å². The van der Waals surface area contributed by atoms with Crippen LogP contribution in [0.15, 0.2) is 76.8 Å². The zero-order valence-electron chi connectivity index (χ0n) is 26.6. The fraction of sp³-hybridized carbons (Fsp3) is 0.389. The number of aliphatic imine (C=N–C) groups is 2. The Balaban J connectivity index is 1.60. The Morgan fingerprint density at radius 1 is 0.977 bits per heavy atom. The summed E-state index contributed by atoms with van der Waals surface area (Å²) in [4.78, 5) is 35.0. The van der Waals surface area contributed by atoms with E-state index in [4.69, 9.17) is 4.74 Å². The summed E-state index contributed by atoms with van der Waals surface area (Å²) in [6.45, 7) is 14.8. The maximum atomic E-state index is 12.8. The number of nitrogens with zero attached hydrogens (tertiary/aromatic N) is 2. The molecule has 234 valence electrons. The van der Waals surface area contributed by atoms with Crippen LogP contribution < -0.4 is 10.1 Å². The van der Waals surface area contributed by atoms with Gasteiger partial charge in [0.1, 0.15) is 11.8 Å². The number of carbonyl (C=O) groups excluding carboxylic acids is 1. The summed E-state index contributed by atoms with van der Waals surface area (Å²) in [6, 6.07) is 17.9. The highest BCUT2D eigenvalue weighted by Crippen LogP contribution is 2.29. The van der Waals surface area contributed by atoms with E-state index >= 15 is 0 Å². The van der Waals surface area contributed by atoms with Crippen molar-refractivity contribution in [3.05, 3.63) is 93.3 Å². The van der Waals surface area contributed by atoms with Gasteiger partial charge >= 0.3 is 5.97 Å². The minimum absolute atomic E-state index is 0.0815. The lowest BCUT2D eigenvalue weighted by Crippen LogP contribution is -2.42. The van der Waals surface area contributed by atoms with Crippen molar-refractivity contribution >= 4 is 41.3 Å². The standard InChI is InChI=1S/C36H45N3O4S/c1-7-8-9-10-11-22-43-29-18-16-27(17-19-29)25(2)24-38-33(37-6)28-14-12-26(13-15-28)23-30(35(41)42)39-34(40)31-20-21-32(44-31)36(3,4)5/h12-21,24,30H,6-11,22-23H2,1-5H3,(H,39,40)(H,41,42)/b25-24+,38-33?/t30-/m0/s1. The molecule has 3 aromatic rings. The zero-order chi connectivity index (χ0) is 32.1. The Hall–Kier alpha value is -4.04. The van der Waals surface area contributed by atoms with E-state index in [-0.39, 0.29) is 17.7 Å². The van der Waals surface area contributed by atoms with Gasteiger partial charge in [-0.3, -0.25) is 4.79 Å². The molecule has 1 atom stereocenters. The highest BCUT2D eigenvalue weighted by molar-refractivity contribution is 7.14. The summed E-state index contributed by atoms with van der Waals surface area (Å²) in [6.07, 6.45) is 7.94. The molecule has 0 fully saturated rings. The van der Waals surface area contributed by atoms with Gasteiger partial charge in [-0.25, -0.2) is 14.8 Å². The number of allylic oxidation sites excluding steroid dienone is 1. The maximum Gasteiger partial charge on any atom is 0.326 e. The third-order valence-corrected chi connectivity index (χ3v) is 8.69. The second kappa shape index (κ2) is 16.7. The molecule has 0 aliphatic heterocycles. The lowest BCUT2D eigenvalue weighted by molar-refractivity contribution is -0.139. The molecule has 7 nitrogen and oxygen atoms in total. The Kier molecular flexibility index (Phi) is 13.1. The molecule has 0 saturated heterocycles. The summed E-state index contributed by atoms with van der Waals surface area (Å²) in [5, 5.41) is 12.5.